The Balaban J connectivity index is 2.70. The Morgan fingerprint density at radius 2 is 2.12 bits per heavy atom. The van der Waals surface area contributed by atoms with E-state index in [1.807, 2.05) is 6.92 Å². The molecule has 0 bridgehead atoms. The van der Waals surface area contributed by atoms with E-state index in [2.05, 4.69) is 0 Å². The van der Waals surface area contributed by atoms with Crippen molar-refractivity contribution in [3.8, 4) is 0 Å². The van der Waals surface area contributed by atoms with Gasteiger partial charge in [-0.25, -0.2) is 4.79 Å². The van der Waals surface area contributed by atoms with Crippen molar-refractivity contribution in [1.82, 2.24) is 5.06 Å². The number of aliphatic hydroxyl groups excluding tert-OH is 1. The summed E-state index contributed by atoms with van der Waals surface area (Å²) in [6.45, 7) is 6.95. The summed E-state index contributed by atoms with van der Waals surface area (Å²) in [5, 5.41) is 10.2. The Bertz CT molecular complexity index is 282. The number of ether oxygens (including phenoxy) is 1. The highest BCUT2D eigenvalue weighted by Gasteiger charge is 2.31. The lowest BCUT2D eigenvalue weighted by atomic mass is 10.2. The maximum atomic E-state index is 11.8. The summed E-state index contributed by atoms with van der Waals surface area (Å²) < 4.78 is 5.17. The van der Waals surface area contributed by atoms with Crippen LogP contribution in [0.3, 0.4) is 0 Å². The fourth-order valence-corrected chi connectivity index (χ4v) is 1.28. The van der Waals surface area contributed by atoms with Crippen LogP contribution in [0.25, 0.3) is 0 Å². The van der Waals surface area contributed by atoms with Crippen molar-refractivity contribution in [2.45, 2.75) is 45.4 Å². The average molecular weight is 229 g/mol. The second-order valence-corrected chi connectivity index (χ2v) is 4.75. The molecule has 5 nitrogen and oxygen atoms in total. The van der Waals surface area contributed by atoms with Crippen molar-refractivity contribution in [1.29, 1.82) is 0 Å². The smallest absolute Gasteiger partial charge is 0.435 e. The largest absolute Gasteiger partial charge is 0.442 e. The van der Waals surface area contributed by atoms with Crippen LogP contribution in [0, 0.1) is 0 Å². The minimum Gasteiger partial charge on any atom is -0.442 e. The predicted octanol–water partition coefficient (Wildman–Crippen LogP) is 1.47. The van der Waals surface area contributed by atoms with Gasteiger partial charge < -0.3 is 9.84 Å². The third-order valence-corrected chi connectivity index (χ3v) is 1.95. The number of carbonyl (C=O) groups is 1. The Morgan fingerprint density at radius 3 is 2.62 bits per heavy atom. The monoisotopic (exact) mass is 229 g/mol. The van der Waals surface area contributed by atoms with E-state index in [1.54, 1.807) is 32.9 Å². The van der Waals surface area contributed by atoms with Crippen LogP contribution in [0.15, 0.2) is 12.2 Å². The molecule has 1 amide bonds. The molecular weight excluding hydrogens is 210 g/mol. The van der Waals surface area contributed by atoms with Gasteiger partial charge in [0.25, 0.3) is 0 Å². The molecule has 92 valence electrons. The molecule has 0 saturated heterocycles. The van der Waals surface area contributed by atoms with E-state index in [4.69, 9.17) is 14.7 Å². The third-order valence-electron chi connectivity index (χ3n) is 1.95. The maximum Gasteiger partial charge on any atom is 0.435 e. The summed E-state index contributed by atoms with van der Waals surface area (Å²) in [6.07, 6.45) is 2.75. The van der Waals surface area contributed by atoms with Gasteiger partial charge in [0.05, 0.1) is 6.61 Å². The van der Waals surface area contributed by atoms with Crippen molar-refractivity contribution in [2.75, 3.05) is 6.61 Å². The fraction of sp³-hybridized carbons (Fsp3) is 0.727. The predicted molar refractivity (Wildman–Crippen MR) is 58.6 cm³/mol. The number of hydrogen-bond donors (Lipinski definition) is 1. The number of hydrogen-bond acceptors (Lipinski definition) is 4. The van der Waals surface area contributed by atoms with Gasteiger partial charge in [-0.2, -0.15) is 5.06 Å². The van der Waals surface area contributed by atoms with Gasteiger partial charge >= 0.3 is 6.09 Å². The summed E-state index contributed by atoms with van der Waals surface area (Å²) in [7, 11) is 0. The molecule has 0 aromatic rings. The number of amides is 1. The summed E-state index contributed by atoms with van der Waals surface area (Å²) in [6, 6.07) is -0.481. The van der Waals surface area contributed by atoms with Crippen LogP contribution in [0.2, 0.25) is 0 Å². The minimum atomic E-state index is -0.581. The van der Waals surface area contributed by atoms with Crippen LogP contribution in [-0.4, -0.2) is 40.6 Å². The molecule has 1 aliphatic rings. The van der Waals surface area contributed by atoms with Gasteiger partial charge in [-0.15, -0.1) is 0 Å². The molecule has 1 aliphatic heterocycles. The molecule has 0 unspecified atom stereocenters. The van der Waals surface area contributed by atoms with Crippen LogP contribution >= 0.6 is 0 Å². The van der Waals surface area contributed by atoms with E-state index in [-0.39, 0.29) is 12.7 Å². The van der Waals surface area contributed by atoms with E-state index in [0.717, 1.165) is 5.06 Å². The third kappa shape index (κ3) is 3.50. The van der Waals surface area contributed by atoms with Crippen molar-refractivity contribution in [2.24, 2.45) is 0 Å². The van der Waals surface area contributed by atoms with Crippen molar-refractivity contribution >= 4 is 6.09 Å². The molecule has 0 spiro atoms. The highest BCUT2D eigenvalue weighted by atomic mass is 16.7. The molecule has 1 rings (SSSR count). The summed E-state index contributed by atoms with van der Waals surface area (Å²) in [5.74, 6) is 0. The van der Waals surface area contributed by atoms with Crippen LogP contribution in [-0.2, 0) is 9.57 Å². The number of carbonyl (C=O) groups excluding carboxylic acids is 1. The normalized spacial score (nSPS) is 25.7. The molecule has 1 N–H and O–H groups in total. The number of hydroxylamine groups is 2. The summed E-state index contributed by atoms with van der Waals surface area (Å²) >= 11 is 0. The molecule has 5 heteroatoms. The zero-order valence-corrected chi connectivity index (χ0v) is 10.1. The van der Waals surface area contributed by atoms with Gasteiger partial charge in [0, 0.05) is 0 Å². The van der Waals surface area contributed by atoms with Gasteiger partial charge in [0.2, 0.25) is 0 Å². The molecular formula is C11H19NO4. The average Bonchev–Trinajstić information content (AvgIpc) is 2.15. The van der Waals surface area contributed by atoms with Gasteiger partial charge in [0.1, 0.15) is 17.7 Å². The summed E-state index contributed by atoms with van der Waals surface area (Å²) in [5.41, 5.74) is -0.579. The lowest BCUT2D eigenvalue weighted by Crippen LogP contribution is -2.47. The molecule has 16 heavy (non-hydrogen) atoms. The standard InChI is InChI=1S/C11H19NO4/c1-8-5-6-9(7-13)12(16-8)10(14)15-11(2,3)4/h5-6,8-9,13H,7H2,1-4H3/t8-,9-/m0/s1. The highest BCUT2D eigenvalue weighted by molar-refractivity contribution is 5.67. The molecule has 1 heterocycles. The fourth-order valence-electron chi connectivity index (χ4n) is 1.28. The molecule has 2 atom stereocenters. The Kier molecular flexibility index (Phi) is 3.93. The quantitative estimate of drug-likeness (QED) is 0.692. The first-order chi connectivity index (χ1) is 7.33. The zero-order chi connectivity index (χ0) is 12.3. The first kappa shape index (κ1) is 13.0. The van der Waals surface area contributed by atoms with E-state index in [0.29, 0.717) is 0 Å². The second kappa shape index (κ2) is 4.84. The molecule has 0 aromatic carbocycles. The van der Waals surface area contributed by atoms with E-state index < -0.39 is 17.7 Å². The highest BCUT2D eigenvalue weighted by Crippen LogP contribution is 2.17. The first-order valence-corrected chi connectivity index (χ1v) is 5.31. The summed E-state index contributed by atoms with van der Waals surface area (Å²) in [4.78, 5) is 17.1. The van der Waals surface area contributed by atoms with Gasteiger partial charge in [-0.3, -0.25) is 4.84 Å². The zero-order valence-electron chi connectivity index (χ0n) is 10.1. The molecule has 0 radical (unpaired) electrons. The Hall–Kier alpha value is -1.07. The number of rotatable bonds is 1. The van der Waals surface area contributed by atoms with E-state index in [9.17, 15) is 4.79 Å². The van der Waals surface area contributed by atoms with Crippen LogP contribution < -0.4 is 0 Å². The molecule has 0 aromatic heterocycles. The Labute approximate surface area is 95.6 Å². The topological polar surface area (TPSA) is 59.0 Å². The second-order valence-electron chi connectivity index (χ2n) is 4.75. The van der Waals surface area contributed by atoms with E-state index in [1.165, 1.54) is 0 Å². The van der Waals surface area contributed by atoms with Crippen LogP contribution in [0.5, 0.6) is 0 Å². The molecule has 0 fully saturated rings. The van der Waals surface area contributed by atoms with Crippen molar-refractivity contribution < 1.29 is 19.5 Å². The van der Waals surface area contributed by atoms with Crippen molar-refractivity contribution in [3.05, 3.63) is 12.2 Å². The van der Waals surface area contributed by atoms with Crippen LogP contribution in [0.4, 0.5) is 4.79 Å². The Morgan fingerprint density at radius 1 is 1.50 bits per heavy atom. The van der Waals surface area contributed by atoms with Crippen molar-refractivity contribution in [3.63, 3.8) is 0 Å². The van der Waals surface area contributed by atoms with Gasteiger partial charge in [0.15, 0.2) is 0 Å². The molecule has 0 aliphatic carbocycles. The van der Waals surface area contributed by atoms with E-state index >= 15 is 0 Å². The number of aliphatic hydroxyl groups is 1. The maximum absolute atomic E-state index is 11.8. The lowest BCUT2D eigenvalue weighted by Gasteiger charge is -2.34. The number of nitrogens with zero attached hydrogens (tertiary/aromatic N) is 1. The van der Waals surface area contributed by atoms with Gasteiger partial charge in [-0.1, -0.05) is 12.2 Å². The first-order valence-electron chi connectivity index (χ1n) is 5.31. The van der Waals surface area contributed by atoms with Crippen LogP contribution in [0.1, 0.15) is 27.7 Å². The minimum absolute atomic E-state index is 0.192. The van der Waals surface area contributed by atoms with Gasteiger partial charge in [-0.05, 0) is 27.7 Å². The molecule has 0 saturated carbocycles. The SMILES string of the molecule is C[C@H]1C=C[C@@H](CO)N(C(=O)OC(C)(C)C)O1. The lowest BCUT2D eigenvalue weighted by molar-refractivity contribution is -0.191.